The minimum atomic E-state index is 0. The maximum atomic E-state index is 5.30. The first kappa shape index (κ1) is 32.1. The van der Waals surface area contributed by atoms with Gasteiger partial charge in [0.25, 0.3) is 0 Å². The third-order valence-corrected chi connectivity index (χ3v) is 5.01. The van der Waals surface area contributed by atoms with Crippen molar-refractivity contribution in [1.29, 1.82) is 0 Å². The number of benzene rings is 2. The van der Waals surface area contributed by atoms with Crippen LogP contribution in [-0.4, -0.2) is 14.2 Å². The summed E-state index contributed by atoms with van der Waals surface area (Å²) in [5.41, 5.74) is 2.55. The normalized spacial score (nSPS) is 11.6. The Morgan fingerprint density at radius 2 is 0.967 bits per heavy atom. The van der Waals surface area contributed by atoms with Gasteiger partial charge in [-0.2, -0.15) is 0 Å². The van der Waals surface area contributed by atoms with Crippen LogP contribution in [0.1, 0.15) is 37.2 Å². The number of fused-ring (bicyclic) bond motifs is 2. The van der Waals surface area contributed by atoms with Gasteiger partial charge in [-0.15, -0.1) is 93.3 Å². The van der Waals surface area contributed by atoms with Crippen molar-refractivity contribution in [2.24, 2.45) is 0 Å². The molecule has 2 atom stereocenters. The smallest absolute Gasteiger partial charge is 1.00 e. The first-order valence-electron chi connectivity index (χ1n) is 9.00. The topological polar surface area (TPSA) is 18.5 Å². The molecule has 0 aliphatic rings. The van der Waals surface area contributed by atoms with Crippen molar-refractivity contribution in [3.63, 3.8) is 0 Å². The van der Waals surface area contributed by atoms with Gasteiger partial charge in [0, 0.05) is 26.4 Å². The molecule has 0 saturated carbocycles. The minimum absolute atomic E-state index is 0. The van der Waals surface area contributed by atoms with E-state index < -0.39 is 0 Å². The summed E-state index contributed by atoms with van der Waals surface area (Å²) in [5, 5.41) is 5.19. The van der Waals surface area contributed by atoms with Crippen molar-refractivity contribution in [3.8, 4) is 0 Å². The van der Waals surface area contributed by atoms with Gasteiger partial charge < -0.3 is 34.3 Å². The van der Waals surface area contributed by atoms with E-state index >= 15 is 0 Å². The molecule has 0 aliphatic heterocycles. The van der Waals surface area contributed by atoms with Crippen molar-refractivity contribution < 1.29 is 86.7 Å². The third kappa shape index (κ3) is 7.51. The predicted octanol–water partition coefficient (Wildman–Crippen LogP) is 0.535. The summed E-state index contributed by atoms with van der Waals surface area (Å²) in [5.74, 6) is 0. The van der Waals surface area contributed by atoms with Gasteiger partial charge in [0.2, 0.25) is 0 Å². The van der Waals surface area contributed by atoms with Crippen LogP contribution in [-0.2, 0) is 61.9 Å². The van der Waals surface area contributed by atoms with E-state index in [4.69, 9.17) is 9.47 Å². The molecule has 0 amide bonds. The van der Waals surface area contributed by atoms with E-state index in [2.05, 4.69) is 86.6 Å². The van der Waals surface area contributed by atoms with Crippen LogP contribution in [0.25, 0.3) is 21.5 Å². The number of ether oxygens (including phenoxy) is 2. The van der Waals surface area contributed by atoms with Gasteiger partial charge in [0.15, 0.2) is 0 Å². The Kier molecular flexibility index (Phi) is 16.8. The molecule has 4 aromatic carbocycles. The van der Waals surface area contributed by atoms with E-state index in [0.717, 1.165) is 0 Å². The van der Waals surface area contributed by atoms with Crippen LogP contribution in [0.3, 0.4) is 0 Å². The zero-order valence-electron chi connectivity index (χ0n) is 17.7. The number of methoxy groups -OCH3 is 2. The Morgan fingerprint density at radius 1 is 0.633 bits per heavy atom. The van der Waals surface area contributed by atoms with E-state index in [-0.39, 0.29) is 89.4 Å². The Morgan fingerprint density at radius 3 is 1.30 bits per heavy atom. The second-order valence-electron chi connectivity index (χ2n) is 6.51. The number of hydrogen-bond acceptors (Lipinski definition) is 2. The second kappa shape index (κ2) is 15.7. The fourth-order valence-corrected chi connectivity index (χ4v) is 3.31. The molecule has 4 aromatic rings. The van der Waals surface area contributed by atoms with E-state index in [9.17, 15) is 0 Å². The summed E-state index contributed by atoms with van der Waals surface area (Å²) in [6.07, 6.45) is 0.361. The molecule has 0 aromatic heterocycles. The van der Waals surface area contributed by atoms with Crippen LogP contribution in [0.5, 0.6) is 0 Å². The SMILES string of the molecule is COC(C)c1c[cH-]c2ccccc12.COC(C)c1c[cH-]c2ccccc12.[Cl-].[Cl-].[Zr+2].[Zr+2]. The van der Waals surface area contributed by atoms with Crippen LogP contribution in [0.15, 0.2) is 72.8 Å². The van der Waals surface area contributed by atoms with Gasteiger partial charge >= 0.3 is 52.4 Å². The molecule has 0 bridgehead atoms. The molecular formula is C24H26Cl2O2Zr2. The van der Waals surface area contributed by atoms with Gasteiger partial charge in [-0.05, 0) is 13.8 Å². The van der Waals surface area contributed by atoms with Crippen molar-refractivity contribution >= 4 is 21.5 Å². The van der Waals surface area contributed by atoms with E-state index in [1.807, 2.05) is 0 Å². The van der Waals surface area contributed by atoms with Crippen molar-refractivity contribution in [1.82, 2.24) is 0 Å². The fourth-order valence-electron chi connectivity index (χ4n) is 3.31. The summed E-state index contributed by atoms with van der Waals surface area (Å²) in [6, 6.07) is 25.3. The molecule has 0 N–H and O–H groups in total. The summed E-state index contributed by atoms with van der Waals surface area (Å²) >= 11 is 0. The van der Waals surface area contributed by atoms with Gasteiger partial charge in [-0.1, -0.05) is 12.1 Å². The Balaban J connectivity index is 0. The van der Waals surface area contributed by atoms with Crippen LogP contribution >= 0.6 is 0 Å². The van der Waals surface area contributed by atoms with Crippen LogP contribution in [0, 0.1) is 0 Å². The summed E-state index contributed by atoms with van der Waals surface area (Å²) < 4.78 is 10.6. The third-order valence-electron chi connectivity index (χ3n) is 5.01. The largest absolute Gasteiger partial charge is 2.00 e. The Bertz CT molecular complexity index is 901. The Labute approximate surface area is 230 Å². The quantitative estimate of drug-likeness (QED) is 0.319. The number of halogens is 2. The molecule has 2 nitrogen and oxygen atoms in total. The molecule has 4 rings (SSSR count). The number of hydrogen-bond donors (Lipinski definition) is 0. The first-order valence-corrected chi connectivity index (χ1v) is 9.00. The van der Waals surface area contributed by atoms with Crippen molar-refractivity contribution in [2.45, 2.75) is 26.1 Å². The average molecular weight is 600 g/mol. The fraction of sp³-hybridized carbons (Fsp3) is 0.250. The van der Waals surface area contributed by atoms with Crippen LogP contribution in [0.2, 0.25) is 0 Å². The molecule has 30 heavy (non-hydrogen) atoms. The summed E-state index contributed by atoms with van der Waals surface area (Å²) in [6.45, 7) is 4.14. The summed E-state index contributed by atoms with van der Waals surface area (Å²) in [4.78, 5) is 0. The summed E-state index contributed by atoms with van der Waals surface area (Å²) in [7, 11) is 3.48. The molecule has 0 spiro atoms. The maximum Gasteiger partial charge on any atom is 2.00 e. The molecule has 0 fully saturated rings. The zero-order valence-corrected chi connectivity index (χ0v) is 24.1. The molecule has 2 unspecified atom stereocenters. The second-order valence-corrected chi connectivity index (χ2v) is 6.51. The van der Waals surface area contributed by atoms with Gasteiger partial charge in [0.1, 0.15) is 0 Å². The molecule has 0 saturated heterocycles. The molecular weight excluding hydrogens is 574 g/mol. The van der Waals surface area contributed by atoms with Crippen LogP contribution < -0.4 is 24.8 Å². The number of rotatable bonds is 4. The van der Waals surface area contributed by atoms with Gasteiger partial charge in [0.05, 0.1) is 0 Å². The molecule has 6 heteroatoms. The van der Waals surface area contributed by atoms with E-state index in [1.165, 1.54) is 32.7 Å². The Hall–Kier alpha value is -0.0738. The monoisotopic (exact) mass is 596 g/mol. The molecule has 0 heterocycles. The minimum Gasteiger partial charge on any atom is -1.00 e. The predicted molar refractivity (Wildman–Crippen MR) is 110 cm³/mol. The standard InChI is InChI=1S/2C12H13O.2ClH.2Zr/c2*1-9(13-2)11-8-7-10-5-3-4-6-12(10)11;;;;/h2*3-9H,1-2H3;2*1H;;/q2*-1;;;2*+2/p-2. The molecule has 0 aliphatic carbocycles. The van der Waals surface area contributed by atoms with E-state index in [1.54, 1.807) is 14.2 Å². The van der Waals surface area contributed by atoms with Crippen LogP contribution in [0.4, 0.5) is 0 Å². The van der Waals surface area contributed by atoms with Gasteiger partial charge in [-0.3, -0.25) is 0 Å². The first-order chi connectivity index (χ1) is 12.7. The molecule has 156 valence electrons. The van der Waals surface area contributed by atoms with Crippen molar-refractivity contribution in [3.05, 3.63) is 83.9 Å². The maximum absolute atomic E-state index is 5.30. The van der Waals surface area contributed by atoms with Gasteiger partial charge in [-0.25, -0.2) is 0 Å². The van der Waals surface area contributed by atoms with Crippen molar-refractivity contribution in [2.75, 3.05) is 14.2 Å². The zero-order chi connectivity index (χ0) is 18.5. The average Bonchev–Trinajstić information content (AvgIpc) is 3.31. The van der Waals surface area contributed by atoms with E-state index in [0.29, 0.717) is 0 Å². The molecule has 0 radical (unpaired) electrons.